The normalized spacial score (nSPS) is 10.6. The van der Waals surface area contributed by atoms with Crippen molar-refractivity contribution in [3.8, 4) is 5.75 Å². The Balaban J connectivity index is 2.22. The zero-order valence-electron chi connectivity index (χ0n) is 13.3. The maximum absolute atomic E-state index is 13.3. The first-order valence-electron chi connectivity index (χ1n) is 7.29. The zero-order valence-corrected chi connectivity index (χ0v) is 13.3. The van der Waals surface area contributed by atoms with Crippen LogP contribution in [0.3, 0.4) is 0 Å². The topological polar surface area (TPSA) is 77.2 Å². The zero-order chi connectivity index (χ0) is 17.3. The highest BCUT2D eigenvalue weighted by Crippen LogP contribution is 2.32. The van der Waals surface area contributed by atoms with Crippen LogP contribution in [-0.2, 0) is 0 Å². The summed E-state index contributed by atoms with van der Waals surface area (Å²) in [6.07, 6.45) is 1.43. The molecule has 0 unspecified atom stereocenters. The van der Waals surface area contributed by atoms with Gasteiger partial charge in [0.1, 0.15) is 11.6 Å². The molecule has 122 valence electrons. The molecule has 2 aromatic carbocycles. The average molecular weight is 325 g/mol. The van der Waals surface area contributed by atoms with Crippen molar-refractivity contribution < 1.29 is 13.9 Å². The van der Waals surface area contributed by atoms with E-state index in [0.717, 1.165) is 0 Å². The number of anilines is 2. The van der Waals surface area contributed by atoms with Crippen molar-refractivity contribution in [3.05, 3.63) is 59.5 Å². The van der Waals surface area contributed by atoms with E-state index >= 15 is 0 Å². The van der Waals surface area contributed by atoms with Crippen LogP contribution in [0.5, 0.6) is 5.75 Å². The Bertz CT molecular complexity index is 941. The van der Waals surface area contributed by atoms with Crippen molar-refractivity contribution in [2.45, 2.75) is 6.92 Å². The number of halogens is 1. The Morgan fingerprint density at radius 3 is 2.71 bits per heavy atom. The van der Waals surface area contributed by atoms with Gasteiger partial charge in [0, 0.05) is 17.3 Å². The molecule has 0 aliphatic rings. The molecule has 24 heavy (non-hydrogen) atoms. The lowest BCUT2D eigenvalue weighted by atomic mass is 10.1. The predicted octanol–water partition coefficient (Wildman–Crippen LogP) is 3.53. The van der Waals surface area contributed by atoms with Gasteiger partial charge in [-0.3, -0.25) is 9.78 Å². The summed E-state index contributed by atoms with van der Waals surface area (Å²) in [6.45, 7) is 1.78. The number of nitrogens with zero attached hydrogens (tertiary/aromatic N) is 1. The van der Waals surface area contributed by atoms with Crippen LogP contribution in [0.25, 0.3) is 10.9 Å². The van der Waals surface area contributed by atoms with Gasteiger partial charge in [-0.25, -0.2) is 4.39 Å². The number of nitrogens with two attached hydrogens (primary N) is 1. The molecular weight excluding hydrogens is 309 g/mol. The van der Waals surface area contributed by atoms with Gasteiger partial charge in [-0.05, 0) is 48.9 Å². The van der Waals surface area contributed by atoms with Gasteiger partial charge in [0.2, 0.25) is 0 Å². The van der Waals surface area contributed by atoms with E-state index in [1.807, 2.05) is 0 Å². The number of rotatable bonds is 4. The molecule has 1 aromatic heterocycles. The van der Waals surface area contributed by atoms with Crippen molar-refractivity contribution in [1.82, 2.24) is 4.98 Å². The van der Waals surface area contributed by atoms with Gasteiger partial charge in [0.15, 0.2) is 0 Å². The summed E-state index contributed by atoms with van der Waals surface area (Å²) in [5.41, 5.74) is 8.31. The van der Waals surface area contributed by atoms with E-state index in [1.165, 1.54) is 18.3 Å². The average Bonchev–Trinajstić information content (AvgIpc) is 2.56. The van der Waals surface area contributed by atoms with E-state index in [9.17, 15) is 9.18 Å². The molecule has 0 saturated heterocycles. The highest BCUT2D eigenvalue weighted by atomic mass is 19.1. The number of carbonyl (C=O) groups is 1. The van der Waals surface area contributed by atoms with Crippen LogP contribution in [0.4, 0.5) is 15.8 Å². The summed E-state index contributed by atoms with van der Waals surface area (Å²) >= 11 is 0. The molecule has 3 aromatic rings. The Morgan fingerprint density at radius 2 is 2.04 bits per heavy atom. The molecule has 3 N–H and O–H groups in total. The molecular formula is C18H16FN3O2. The molecule has 3 rings (SSSR count). The number of methoxy groups -OCH3 is 1. The molecule has 5 nitrogen and oxygen atoms in total. The molecule has 0 saturated carbocycles. The lowest BCUT2D eigenvalue weighted by Crippen LogP contribution is -2.14. The number of hydrogen-bond donors (Lipinski definition) is 2. The molecule has 0 spiro atoms. The number of fused-ring (bicyclic) bond motifs is 1. The van der Waals surface area contributed by atoms with Crippen molar-refractivity contribution in [3.63, 3.8) is 0 Å². The molecule has 0 fully saturated rings. The first-order chi connectivity index (χ1) is 11.5. The van der Waals surface area contributed by atoms with Gasteiger partial charge in [0.05, 0.1) is 23.9 Å². The third-order valence-corrected chi connectivity index (χ3v) is 3.79. The number of aromatic nitrogens is 1. The van der Waals surface area contributed by atoms with Crippen LogP contribution in [-0.4, -0.2) is 18.0 Å². The standard InChI is InChI=1S/C18H16FN3O2/c1-10-7-11(19)3-5-15(10)22-17-13-8-12(24-2)4-6-16(13)21-9-14(17)18(20)23/h3-9H,1-2H3,(H2,20,23)(H,21,22). The minimum absolute atomic E-state index is 0.250. The molecule has 0 aliphatic heterocycles. The Morgan fingerprint density at radius 1 is 1.25 bits per heavy atom. The second-order valence-electron chi connectivity index (χ2n) is 5.38. The van der Waals surface area contributed by atoms with Gasteiger partial charge < -0.3 is 15.8 Å². The first kappa shape index (κ1) is 15.7. The van der Waals surface area contributed by atoms with Crippen LogP contribution < -0.4 is 15.8 Å². The maximum Gasteiger partial charge on any atom is 0.252 e. The monoisotopic (exact) mass is 325 g/mol. The highest BCUT2D eigenvalue weighted by molar-refractivity contribution is 6.07. The number of aryl methyl sites for hydroxylation is 1. The molecule has 0 bridgehead atoms. The van der Waals surface area contributed by atoms with Crippen molar-refractivity contribution >= 4 is 28.2 Å². The number of benzene rings is 2. The summed E-state index contributed by atoms with van der Waals surface area (Å²) in [4.78, 5) is 16.1. The summed E-state index contributed by atoms with van der Waals surface area (Å²) in [5, 5.41) is 3.87. The number of pyridine rings is 1. The quantitative estimate of drug-likeness (QED) is 0.769. The SMILES string of the molecule is COc1ccc2ncc(C(N)=O)c(Nc3ccc(F)cc3C)c2c1. The maximum atomic E-state index is 13.3. The fourth-order valence-corrected chi connectivity index (χ4v) is 2.52. The predicted molar refractivity (Wildman–Crippen MR) is 91.2 cm³/mol. The highest BCUT2D eigenvalue weighted by Gasteiger charge is 2.15. The van der Waals surface area contributed by atoms with E-state index in [2.05, 4.69) is 10.3 Å². The summed E-state index contributed by atoms with van der Waals surface area (Å²) < 4.78 is 18.6. The lowest BCUT2D eigenvalue weighted by Gasteiger charge is -2.15. The molecule has 1 heterocycles. The molecule has 0 radical (unpaired) electrons. The van der Waals surface area contributed by atoms with E-state index in [-0.39, 0.29) is 11.4 Å². The van der Waals surface area contributed by atoms with Gasteiger partial charge in [-0.15, -0.1) is 0 Å². The largest absolute Gasteiger partial charge is 0.497 e. The smallest absolute Gasteiger partial charge is 0.252 e. The summed E-state index contributed by atoms with van der Waals surface area (Å²) in [5.74, 6) is -0.297. The Kier molecular flexibility index (Phi) is 4.04. The van der Waals surface area contributed by atoms with Crippen LogP contribution in [0.15, 0.2) is 42.6 Å². The van der Waals surface area contributed by atoms with Gasteiger partial charge in [0.25, 0.3) is 5.91 Å². The fraction of sp³-hybridized carbons (Fsp3) is 0.111. The van der Waals surface area contributed by atoms with Gasteiger partial charge in [-0.1, -0.05) is 0 Å². The third kappa shape index (κ3) is 2.86. The molecule has 1 amide bonds. The third-order valence-electron chi connectivity index (χ3n) is 3.79. The van der Waals surface area contributed by atoms with Gasteiger partial charge in [-0.2, -0.15) is 0 Å². The van der Waals surface area contributed by atoms with Crippen LogP contribution in [0, 0.1) is 12.7 Å². The number of amides is 1. The Labute approximate surface area is 138 Å². The number of nitrogens with one attached hydrogen (secondary N) is 1. The minimum Gasteiger partial charge on any atom is -0.497 e. The summed E-state index contributed by atoms with van der Waals surface area (Å²) in [6, 6.07) is 9.73. The van der Waals surface area contributed by atoms with E-state index in [1.54, 1.807) is 38.3 Å². The molecule has 6 heteroatoms. The van der Waals surface area contributed by atoms with E-state index < -0.39 is 5.91 Å². The van der Waals surface area contributed by atoms with E-state index in [4.69, 9.17) is 10.5 Å². The number of ether oxygens (including phenoxy) is 1. The van der Waals surface area contributed by atoms with Crippen LogP contribution in [0.2, 0.25) is 0 Å². The fourth-order valence-electron chi connectivity index (χ4n) is 2.52. The first-order valence-corrected chi connectivity index (χ1v) is 7.29. The van der Waals surface area contributed by atoms with Crippen LogP contribution in [0.1, 0.15) is 15.9 Å². The number of carbonyl (C=O) groups excluding carboxylic acids is 1. The second-order valence-corrected chi connectivity index (χ2v) is 5.38. The van der Waals surface area contributed by atoms with Gasteiger partial charge >= 0.3 is 0 Å². The lowest BCUT2D eigenvalue weighted by molar-refractivity contribution is 0.100. The number of hydrogen-bond acceptors (Lipinski definition) is 4. The van der Waals surface area contributed by atoms with Crippen LogP contribution >= 0.6 is 0 Å². The van der Waals surface area contributed by atoms with Crippen molar-refractivity contribution in [2.75, 3.05) is 12.4 Å². The molecule has 0 atom stereocenters. The van der Waals surface area contributed by atoms with Crippen molar-refractivity contribution in [2.24, 2.45) is 5.73 Å². The Hall–Kier alpha value is -3.15. The van der Waals surface area contributed by atoms with Crippen molar-refractivity contribution in [1.29, 1.82) is 0 Å². The van der Waals surface area contributed by atoms with E-state index in [0.29, 0.717) is 33.6 Å². The number of primary amides is 1. The second kappa shape index (κ2) is 6.16. The molecule has 0 aliphatic carbocycles. The summed E-state index contributed by atoms with van der Waals surface area (Å²) in [7, 11) is 1.56. The minimum atomic E-state index is -0.602.